The van der Waals surface area contributed by atoms with Gasteiger partial charge in [-0.1, -0.05) is 32.6 Å². The third-order valence-electron chi connectivity index (χ3n) is 2.66. The molecule has 1 aromatic rings. The van der Waals surface area contributed by atoms with Crippen LogP contribution in [0.4, 0.5) is 0 Å². The van der Waals surface area contributed by atoms with E-state index in [4.69, 9.17) is 9.15 Å². The fourth-order valence-corrected chi connectivity index (χ4v) is 1.66. The molecule has 4 heteroatoms. The Hall–Kier alpha value is -1.29. The van der Waals surface area contributed by atoms with Crippen molar-refractivity contribution < 1.29 is 14.3 Å². The van der Waals surface area contributed by atoms with Gasteiger partial charge in [-0.15, -0.1) is 0 Å². The van der Waals surface area contributed by atoms with Gasteiger partial charge in [-0.05, 0) is 6.42 Å². The summed E-state index contributed by atoms with van der Waals surface area (Å²) in [6.07, 6.45) is 4.21. The van der Waals surface area contributed by atoms with Gasteiger partial charge in [0.1, 0.15) is 17.6 Å². The molecule has 1 heterocycles. The summed E-state index contributed by atoms with van der Waals surface area (Å²) in [4.78, 5) is 11.2. The first-order chi connectivity index (χ1) is 8.17. The highest BCUT2D eigenvalue weighted by Gasteiger charge is 2.12. The van der Waals surface area contributed by atoms with Crippen LogP contribution in [0.3, 0.4) is 0 Å². The topological polar surface area (TPSA) is 59.7 Å². The number of hydrogen-bond donors (Lipinski definition) is 1. The van der Waals surface area contributed by atoms with Gasteiger partial charge in [0.2, 0.25) is 0 Å². The molecule has 1 unspecified atom stereocenters. The maximum atomic E-state index is 11.2. The first-order valence-corrected chi connectivity index (χ1v) is 6.04. The Morgan fingerprint density at radius 1 is 1.35 bits per heavy atom. The van der Waals surface area contributed by atoms with E-state index in [1.807, 2.05) is 0 Å². The second kappa shape index (κ2) is 7.12. The van der Waals surface area contributed by atoms with Crippen LogP contribution in [-0.4, -0.2) is 12.2 Å². The van der Waals surface area contributed by atoms with Crippen LogP contribution < -0.4 is 10.4 Å². The maximum Gasteiger partial charge on any atom is 0.339 e. The zero-order valence-corrected chi connectivity index (χ0v) is 10.4. The second-order valence-corrected chi connectivity index (χ2v) is 4.08. The Kier molecular flexibility index (Phi) is 5.77. The fourth-order valence-electron chi connectivity index (χ4n) is 1.66. The molecule has 4 nitrogen and oxygen atoms in total. The summed E-state index contributed by atoms with van der Waals surface area (Å²) in [5.74, 6) is 0.703. The zero-order chi connectivity index (χ0) is 12.7. The highest BCUT2D eigenvalue weighted by Crippen LogP contribution is 2.21. The van der Waals surface area contributed by atoms with Gasteiger partial charge in [0.05, 0.1) is 13.2 Å². The van der Waals surface area contributed by atoms with Crippen molar-refractivity contribution in [3.63, 3.8) is 0 Å². The van der Waals surface area contributed by atoms with Crippen molar-refractivity contribution in [2.24, 2.45) is 0 Å². The van der Waals surface area contributed by atoms with Gasteiger partial charge >= 0.3 is 5.63 Å². The third kappa shape index (κ3) is 4.61. The van der Waals surface area contributed by atoms with E-state index in [0.29, 0.717) is 12.2 Å². The minimum Gasteiger partial charge on any atom is -0.496 e. The first kappa shape index (κ1) is 13.8. The van der Waals surface area contributed by atoms with Gasteiger partial charge in [0.25, 0.3) is 0 Å². The average Bonchev–Trinajstić information content (AvgIpc) is 2.33. The quantitative estimate of drug-likeness (QED) is 0.744. The van der Waals surface area contributed by atoms with Crippen LogP contribution in [0.1, 0.15) is 50.9 Å². The lowest BCUT2D eigenvalue weighted by atomic mass is 10.1. The lowest BCUT2D eigenvalue weighted by Gasteiger charge is -2.09. The molecule has 0 aliphatic heterocycles. The molecule has 0 aliphatic rings. The molecule has 0 fully saturated rings. The van der Waals surface area contributed by atoms with Crippen molar-refractivity contribution in [2.45, 2.75) is 45.1 Å². The van der Waals surface area contributed by atoms with E-state index in [2.05, 4.69) is 6.92 Å². The highest BCUT2D eigenvalue weighted by molar-refractivity contribution is 5.21. The Balaban J connectivity index is 2.58. The summed E-state index contributed by atoms with van der Waals surface area (Å²) in [5.41, 5.74) is -0.494. The van der Waals surface area contributed by atoms with Crippen LogP contribution in [0.25, 0.3) is 0 Å². The molecule has 1 aromatic heterocycles. The van der Waals surface area contributed by atoms with Gasteiger partial charge in [-0.25, -0.2) is 4.79 Å². The van der Waals surface area contributed by atoms with Crippen molar-refractivity contribution >= 4 is 0 Å². The normalized spacial score (nSPS) is 12.4. The number of hydrogen-bond acceptors (Lipinski definition) is 4. The van der Waals surface area contributed by atoms with E-state index in [1.165, 1.54) is 13.2 Å². The van der Waals surface area contributed by atoms with Gasteiger partial charge in [-0.2, -0.15) is 0 Å². The summed E-state index contributed by atoms with van der Waals surface area (Å²) in [6, 6.07) is 2.82. The molecule has 0 amide bonds. The van der Waals surface area contributed by atoms with Crippen molar-refractivity contribution in [1.29, 1.82) is 0 Å². The van der Waals surface area contributed by atoms with Gasteiger partial charge in [-0.3, -0.25) is 0 Å². The van der Waals surface area contributed by atoms with Crippen LogP contribution in [0, 0.1) is 0 Å². The molecule has 1 rings (SSSR count). The standard InChI is InChI=1S/C13H20O4/c1-3-4-5-6-7-11(14)12-8-10(16-2)9-13(15)17-12/h8-9,11,14H,3-7H2,1-2H3. The molecule has 0 saturated heterocycles. The SMILES string of the molecule is CCCCCCC(O)c1cc(OC)cc(=O)o1. The Morgan fingerprint density at radius 2 is 2.12 bits per heavy atom. The number of unbranched alkanes of at least 4 members (excludes halogenated alkanes) is 3. The lowest BCUT2D eigenvalue weighted by Crippen LogP contribution is -2.05. The zero-order valence-electron chi connectivity index (χ0n) is 10.4. The Morgan fingerprint density at radius 3 is 2.76 bits per heavy atom. The molecule has 1 N–H and O–H groups in total. The molecule has 0 spiro atoms. The summed E-state index contributed by atoms with van der Waals surface area (Å²) >= 11 is 0. The molecule has 96 valence electrons. The van der Waals surface area contributed by atoms with Gasteiger partial charge < -0.3 is 14.3 Å². The highest BCUT2D eigenvalue weighted by atomic mass is 16.5. The second-order valence-electron chi connectivity index (χ2n) is 4.08. The van der Waals surface area contributed by atoms with E-state index >= 15 is 0 Å². The molecule has 0 radical (unpaired) electrons. The average molecular weight is 240 g/mol. The van der Waals surface area contributed by atoms with Crippen LogP contribution in [0.5, 0.6) is 5.75 Å². The molecule has 1 atom stereocenters. The van der Waals surface area contributed by atoms with E-state index < -0.39 is 11.7 Å². The smallest absolute Gasteiger partial charge is 0.339 e. The van der Waals surface area contributed by atoms with Gasteiger partial charge in [0, 0.05) is 6.07 Å². The lowest BCUT2D eigenvalue weighted by molar-refractivity contribution is 0.131. The van der Waals surface area contributed by atoms with Gasteiger partial charge in [0.15, 0.2) is 0 Å². The molecule has 0 aromatic carbocycles. The van der Waals surface area contributed by atoms with E-state index in [9.17, 15) is 9.90 Å². The number of ether oxygens (including phenoxy) is 1. The van der Waals surface area contributed by atoms with Crippen molar-refractivity contribution in [3.05, 3.63) is 28.3 Å². The summed E-state index contributed by atoms with van der Waals surface area (Å²) in [6.45, 7) is 2.14. The summed E-state index contributed by atoms with van der Waals surface area (Å²) in [7, 11) is 1.48. The summed E-state index contributed by atoms with van der Waals surface area (Å²) in [5, 5.41) is 9.88. The molecular formula is C13H20O4. The van der Waals surface area contributed by atoms with E-state index in [-0.39, 0.29) is 5.76 Å². The Labute approximate surface area is 101 Å². The van der Waals surface area contributed by atoms with Crippen LogP contribution >= 0.6 is 0 Å². The third-order valence-corrected chi connectivity index (χ3v) is 2.66. The minimum atomic E-state index is -0.727. The minimum absolute atomic E-state index is 0.283. The number of methoxy groups -OCH3 is 1. The van der Waals surface area contributed by atoms with Crippen LogP contribution in [0.15, 0.2) is 21.3 Å². The molecular weight excluding hydrogens is 220 g/mol. The number of aliphatic hydroxyl groups excluding tert-OH is 1. The Bertz CT molecular complexity index is 383. The van der Waals surface area contributed by atoms with Crippen molar-refractivity contribution in [3.8, 4) is 5.75 Å². The number of aliphatic hydroxyl groups is 1. The molecule has 0 bridgehead atoms. The summed E-state index contributed by atoms with van der Waals surface area (Å²) < 4.78 is 9.91. The molecule has 0 aliphatic carbocycles. The van der Waals surface area contributed by atoms with E-state index in [1.54, 1.807) is 6.07 Å². The van der Waals surface area contributed by atoms with Crippen molar-refractivity contribution in [1.82, 2.24) is 0 Å². The molecule has 0 saturated carbocycles. The largest absolute Gasteiger partial charge is 0.496 e. The fraction of sp³-hybridized carbons (Fsp3) is 0.615. The van der Waals surface area contributed by atoms with Crippen LogP contribution in [0.2, 0.25) is 0 Å². The van der Waals surface area contributed by atoms with Crippen LogP contribution in [-0.2, 0) is 0 Å². The number of rotatable bonds is 7. The monoisotopic (exact) mass is 240 g/mol. The first-order valence-electron chi connectivity index (χ1n) is 6.04. The molecule has 17 heavy (non-hydrogen) atoms. The maximum absolute atomic E-state index is 11.2. The van der Waals surface area contributed by atoms with E-state index in [0.717, 1.165) is 25.7 Å². The van der Waals surface area contributed by atoms with Crippen molar-refractivity contribution in [2.75, 3.05) is 7.11 Å². The predicted molar refractivity (Wildman–Crippen MR) is 65.2 cm³/mol. The predicted octanol–water partition coefficient (Wildman–Crippen LogP) is 2.65.